The molecule has 3 N–H and O–H groups in total. The van der Waals surface area contributed by atoms with Crippen LogP contribution in [0.15, 0.2) is 30.3 Å². The molecule has 0 saturated carbocycles. The zero-order chi connectivity index (χ0) is 21.7. The fourth-order valence-electron chi connectivity index (χ4n) is 3.32. The lowest BCUT2D eigenvalue weighted by atomic mass is 9.89. The molecule has 0 spiro atoms. The van der Waals surface area contributed by atoms with Crippen molar-refractivity contribution in [3.63, 3.8) is 0 Å². The average molecular weight is 407 g/mol. The molecule has 1 aromatic rings. The number of ether oxygens (including phenoxy) is 1. The average Bonchev–Trinajstić information content (AvgIpc) is 2.64. The highest BCUT2D eigenvalue weighted by Crippen LogP contribution is 2.27. The lowest BCUT2D eigenvalue weighted by Gasteiger charge is -2.38. The van der Waals surface area contributed by atoms with E-state index in [1.807, 2.05) is 30.3 Å². The van der Waals surface area contributed by atoms with Crippen LogP contribution in [-0.2, 0) is 9.53 Å². The van der Waals surface area contributed by atoms with E-state index >= 15 is 0 Å². The SMILES string of the molecule is CC(O)CC[C@H](NC(=O)C1(O)CCN(C(=O)OC(C)(C)C)CC1)c1ccccc1. The zero-order valence-electron chi connectivity index (χ0n) is 17.9. The number of likely N-dealkylation sites (tertiary alicyclic amines) is 1. The van der Waals surface area contributed by atoms with Gasteiger partial charge in [0.25, 0.3) is 5.91 Å². The van der Waals surface area contributed by atoms with Crippen molar-refractivity contribution in [3.8, 4) is 0 Å². The molecule has 1 aliphatic rings. The first-order valence-corrected chi connectivity index (χ1v) is 10.2. The number of carbonyl (C=O) groups excluding carboxylic acids is 2. The third-order valence-electron chi connectivity index (χ3n) is 5.05. The molecular formula is C22H34N2O5. The zero-order valence-corrected chi connectivity index (χ0v) is 17.9. The summed E-state index contributed by atoms with van der Waals surface area (Å²) in [5.74, 6) is -0.444. The molecule has 0 bridgehead atoms. The minimum atomic E-state index is -1.53. The molecule has 7 nitrogen and oxygen atoms in total. The quantitative estimate of drug-likeness (QED) is 0.675. The Kier molecular flexibility index (Phi) is 7.66. The Morgan fingerprint density at radius 3 is 2.28 bits per heavy atom. The Labute approximate surface area is 173 Å². The molecule has 7 heteroatoms. The third kappa shape index (κ3) is 7.01. The van der Waals surface area contributed by atoms with Crippen LogP contribution in [0.25, 0.3) is 0 Å². The highest BCUT2D eigenvalue weighted by Gasteiger charge is 2.41. The molecule has 162 valence electrons. The third-order valence-corrected chi connectivity index (χ3v) is 5.05. The van der Waals surface area contributed by atoms with Crippen LogP contribution in [0, 0.1) is 0 Å². The van der Waals surface area contributed by atoms with E-state index in [1.54, 1.807) is 27.7 Å². The van der Waals surface area contributed by atoms with Crippen LogP contribution >= 0.6 is 0 Å². The second kappa shape index (κ2) is 9.59. The van der Waals surface area contributed by atoms with E-state index in [4.69, 9.17) is 4.74 Å². The largest absolute Gasteiger partial charge is 0.444 e. The number of aliphatic hydroxyl groups is 2. The van der Waals surface area contributed by atoms with E-state index in [0.717, 1.165) is 5.56 Å². The van der Waals surface area contributed by atoms with E-state index in [0.29, 0.717) is 12.8 Å². The van der Waals surface area contributed by atoms with Crippen LogP contribution in [-0.4, -0.2) is 57.5 Å². The van der Waals surface area contributed by atoms with Gasteiger partial charge in [0.05, 0.1) is 12.1 Å². The fraction of sp³-hybridized carbons (Fsp3) is 0.636. The van der Waals surface area contributed by atoms with Crippen LogP contribution < -0.4 is 5.32 Å². The number of hydrogen-bond donors (Lipinski definition) is 3. The molecule has 29 heavy (non-hydrogen) atoms. The molecule has 2 rings (SSSR count). The Bertz CT molecular complexity index is 676. The van der Waals surface area contributed by atoms with Crippen molar-refractivity contribution in [2.75, 3.05) is 13.1 Å². The van der Waals surface area contributed by atoms with E-state index in [9.17, 15) is 19.8 Å². The minimum Gasteiger partial charge on any atom is -0.444 e. The lowest BCUT2D eigenvalue weighted by molar-refractivity contribution is -0.145. The van der Waals surface area contributed by atoms with Gasteiger partial charge in [0.2, 0.25) is 0 Å². The molecule has 1 aromatic carbocycles. The van der Waals surface area contributed by atoms with Crippen LogP contribution in [0.3, 0.4) is 0 Å². The number of rotatable bonds is 6. The lowest BCUT2D eigenvalue weighted by Crippen LogP contribution is -2.55. The topological polar surface area (TPSA) is 99.1 Å². The summed E-state index contributed by atoms with van der Waals surface area (Å²) in [7, 11) is 0. The van der Waals surface area contributed by atoms with Gasteiger partial charge >= 0.3 is 6.09 Å². The van der Waals surface area contributed by atoms with Crippen LogP contribution in [0.4, 0.5) is 4.79 Å². The fourth-order valence-corrected chi connectivity index (χ4v) is 3.32. The number of benzene rings is 1. The first-order chi connectivity index (χ1) is 13.5. The molecule has 1 heterocycles. The van der Waals surface area contributed by atoms with Gasteiger partial charge in [0.1, 0.15) is 11.2 Å². The van der Waals surface area contributed by atoms with E-state index in [1.165, 1.54) is 4.90 Å². The standard InChI is InChI=1S/C22H34N2O5/c1-16(25)10-11-18(17-8-6-5-7-9-17)23-19(26)22(28)12-14-24(15-13-22)20(27)29-21(2,3)4/h5-9,16,18,25,28H,10-15H2,1-4H3,(H,23,26)/t16?,18-/m0/s1. The van der Waals surface area contributed by atoms with Crippen molar-refractivity contribution in [1.82, 2.24) is 10.2 Å². The number of aliphatic hydroxyl groups excluding tert-OH is 1. The number of carbonyl (C=O) groups is 2. The molecule has 0 aromatic heterocycles. The molecule has 1 aliphatic heterocycles. The summed E-state index contributed by atoms with van der Waals surface area (Å²) < 4.78 is 5.36. The predicted molar refractivity (Wildman–Crippen MR) is 110 cm³/mol. The van der Waals surface area contributed by atoms with Gasteiger partial charge in [0, 0.05) is 25.9 Å². The molecule has 2 atom stereocenters. The molecule has 1 unspecified atom stereocenters. The van der Waals surface area contributed by atoms with Gasteiger partial charge in [-0.25, -0.2) is 4.79 Å². The smallest absolute Gasteiger partial charge is 0.410 e. The molecular weight excluding hydrogens is 372 g/mol. The minimum absolute atomic E-state index is 0.149. The normalized spacial score (nSPS) is 18.6. The van der Waals surface area contributed by atoms with Crippen molar-refractivity contribution >= 4 is 12.0 Å². The number of piperidine rings is 1. The highest BCUT2D eigenvalue weighted by atomic mass is 16.6. The van der Waals surface area contributed by atoms with Crippen LogP contribution in [0.2, 0.25) is 0 Å². The van der Waals surface area contributed by atoms with Crippen LogP contribution in [0.5, 0.6) is 0 Å². The summed E-state index contributed by atoms with van der Waals surface area (Å²) >= 11 is 0. The van der Waals surface area contributed by atoms with Crippen molar-refractivity contribution in [1.29, 1.82) is 0 Å². The Morgan fingerprint density at radius 2 is 1.76 bits per heavy atom. The van der Waals surface area contributed by atoms with Crippen molar-refractivity contribution in [3.05, 3.63) is 35.9 Å². The van der Waals surface area contributed by atoms with Gasteiger partial charge in [-0.05, 0) is 46.1 Å². The summed E-state index contributed by atoms with van der Waals surface area (Å²) in [5, 5.41) is 23.5. The van der Waals surface area contributed by atoms with Gasteiger partial charge in [-0.1, -0.05) is 30.3 Å². The summed E-state index contributed by atoms with van der Waals surface area (Å²) in [5.41, 5.74) is -1.19. The Hall–Kier alpha value is -2.12. The van der Waals surface area contributed by atoms with E-state index < -0.39 is 29.3 Å². The first kappa shape index (κ1) is 23.2. The maximum absolute atomic E-state index is 12.9. The molecule has 0 aliphatic carbocycles. The second-order valence-electron chi connectivity index (χ2n) is 8.86. The number of hydrogen-bond acceptors (Lipinski definition) is 5. The second-order valence-corrected chi connectivity index (χ2v) is 8.86. The van der Waals surface area contributed by atoms with Gasteiger partial charge in [-0.15, -0.1) is 0 Å². The molecule has 2 amide bonds. The predicted octanol–water partition coefficient (Wildman–Crippen LogP) is 2.77. The number of nitrogens with one attached hydrogen (secondary N) is 1. The van der Waals surface area contributed by atoms with Crippen molar-refractivity contribution in [2.24, 2.45) is 0 Å². The van der Waals surface area contributed by atoms with Gasteiger partial charge in [-0.3, -0.25) is 4.79 Å². The summed E-state index contributed by atoms with van der Waals surface area (Å²) in [6.45, 7) is 7.62. The van der Waals surface area contributed by atoms with Crippen LogP contribution in [0.1, 0.15) is 65.0 Å². The first-order valence-electron chi connectivity index (χ1n) is 10.2. The Morgan fingerprint density at radius 1 is 1.17 bits per heavy atom. The maximum atomic E-state index is 12.9. The van der Waals surface area contributed by atoms with E-state index in [-0.39, 0.29) is 32.0 Å². The maximum Gasteiger partial charge on any atom is 0.410 e. The molecule has 1 saturated heterocycles. The number of nitrogens with zero attached hydrogens (tertiary/aromatic N) is 1. The van der Waals surface area contributed by atoms with Crippen molar-refractivity contribution < 1.29 is 24.5 Å². The molecule has 1 fully saturated rings. The number of amides is 2. The molecule has 0 radical (unpaired) electrons. The van der Waals surface area contributed by atoms with Crippen molar-refractivity contribution in [2.45, 2.75) is 76.7 Å². The summed E-state index contributed by atoms with van der Waals surface area (Å²) in [6.07, 6.45) is 0.488. The Balaban J connectivity index is 2.00. The highest BCUT2D eigenvalue weighted by molar-refractivity contribution is 5.85. The summed E-state index contributed by atoms with van der Waals surface area (Å²) in [4.78, 5) is 26.6. The monoisotopic (exact) mass is 406 g/mol. The van der Waals surface area contributed by atoms with Gasteiger partial charge in [-0.2, -0.15) is 0 Å². The summed E-state index contributed by atoms with van der Waals surface area (Å²) in [6, 6.07) is 9.23. The van der Waals surface area contributed by atoms with E-state index in [2.05, 4.69) is 5.32 Å². The van der Waals surface area contributed by atoms with Gasteiger partial charge in [0.15, 0.2) is 0 Å². The van der Waals surface area contributed by atoms with Gasteiger partial charge < -0.3 is 25.2 Å².